The van der Waals surface area contributed by atoms with Crippen LogP contribution in [-0.2, 0) is 11.3 Å². The smallest absolute Gasteiger partial charge is 0.237 e. The summed E-state index contributed by atoms with van der Waals surface area (Å²) in [5.41, 5.74) is 1.52. The Morgan fingerprint density at radius 1 is 1.20 bits per heavy atom. The number of rotatable bonds is 7. The van der Waals surface area contributed by atoms with Crippen LogP contribution in [0.1, 0.15) is 12.7 Å². The minimum atomic E-state index is -0.401. The predicted molar refractivity (Wildman–Crippen MR) is 116 cm³/mol. The Kier molecular flexibility index (Phi) is 6.15. The van der Waals surface area contributed by atoms with Crippen LogP contribution in [0.2, 0.25) is 5.02 Å². The van der Waals surface area contributed by atoms with Crippen LogP contribution < -0.4 is 5.32 Å². The molecule has 1 amide bonds. The van der Waals surface area contributed by atoms with Gasteiger partial charge < -0.3 is 9.73 Å². The molecule has 1 aromatic carbocycles. The number of aromatic nitrogens is 4. The second-order valence-corrected chi connectivity index (χ2v) is 8.21. The molecule has 0 aliphatic heterocycles. The Morgan fingerprint density at radius 2 is 2.03 bits per heavy atom. The van der Waals surface area contributed by atoms with Crippen molar-refractivity contribution in [1.29, 1.82) is 0 Å². The van der Waals surface area contributed by atoms with E-state index in [1.54, 1.807) is 42.9 Å². The number of pyridine rings is 1. The van der Waals surface area contributed by atoms with Crippen LogP contribution in [-0.4, -0.2) is 30.9 Å². The topological polar surface area (TPSA) is 85.8 Å². The lowest BCUT2D eigenvalue weighted by Crippen LogP contribution is -2.23. The number of hydrogen-bond acceptors (Lipinski definition) is 6. The molecular weight excluding hydrogens is 422 g/mol. The molecule has 0 fully saturated rings. The fraction of sp³-hybridized carbons (Fsp3) is 0.143. The van der Waals surface area contributed by atoms with Crippen LogP contribution in [0.15, 0.2) is 76.8 Å². The second kappa shape index (κ2) is 9.15. The lowest BCUT2D eigenvalue weighted by atomic mass is 10.2. The number of nitrogens with zero attached hydrogens (tertiary/aromatic N) is 4. The first-order chi connectivity index (χ1) is 14.6. The predicted octanol–water partition coefficient (Wildman–Crippen LogP) is 4.75. The van der Waals surface area contributed by atoms with Gasteiger partial charge >= 0.3 is 0 Å². The first kappa shape index (κ1) is 20.2. The van der Waals surface area contributed by atoms with Gasteiger partial charge in [0.25, 0.3) is 0 Å². The molecule has 1 N–H and O–H groups in total. The van der Waals surface area contributed by atoms with Gasteiger partial charge in [0.05, 0.1) is 18.1 Å². The molecule has 0 saturated heterocycles. The van der Waals surface area contributed by atoms with Gasteiger partial charge in [0, 0.05) is 28.7 Å². The summed E-state index contributed by atoms with van der Waals surface area (Å²) in [6, 6.07) is 14.5. The Bertz CT molecular complexity index is 1110. The minimum absolute atomic E-state index is 0.141. The molecule has 0 saturated carbocycles. The van der Waals surface area contributed by atoms with E-state index in [4.69, 9.17) is 16.0 Å². The van der Waals surface area contributed by atoms with Crippen molar-refractivity contribution in [3.63, 3.8) is 0 Å². The fourth-order valence-corrected chi connectivity index (χ4v) is 3.75. The van der Waals surface area contributed by atoms with Crippen LogP contribution in [0.5, 0.6) is 0 Å². The molecule has 9 heteroatoms. The van der Waals surface area contributed by atoms with Crippen molar-refractivity contribution in [1.82, 2.24) is 19.7 Å². The van der Waals surface area contributed by atoms with E-state index in [2.05, 4.69) is 20.5 Å². The maximum absolute atomic E-state index is 12.7. The van der Waals surface area contributed by atoms with Gasteiger partial charge in [-0.05, 0) is 55.5 Å². The molecule has 0 unspecified atom stereocenters. The van der Waals surface area contributed by atoms with Crippen molar-refractivity contribution >= 4 is 35.0 Å². The molecule has 4 aromatic rings. The summed E-state index contributed by atoms with van der Waals surface area (Å²) in [6.45, 7) is 2.27. The van der Waals surface area contributed by atoms with E-state index in [1.807, 2.05) is 35.8 Å². The van der Waals surface area contributed by atoms with Crippen molar-refractivity contribution in [2.24, 2.45) is 0 Å². The van der Waals surface area contributed by atoms with Crippen LogP contribution >= 0.6 is 23.4 Å². The van der Waals surface area contributed by atoms with Gasteiger partial charge in [-0.3, -0.25) is 14.3 Å². The number of carbonyl (C=O) groups is 1. The molecule has 0 aliphatic rings. The van der Waals surface area contributed by atoms with E-state index in [-0.39, 0.29) is 5.91 Å². The van der Waals surface area contributed by atoms with Crippen LogP contribution in [0.3, 0.4) is 0 Å². The van der Waals surface area contributed by atoms with E-state index in [0.29, 0.717) is 28.2 Å². The number of furan rings is 1. The average molecular weight is 440 g/mol. The summed E-state index contributed by atoms with van der Waals surface area (Å²) < 4.78 is 7.43. The highest BCUT2D eigenvalue weighted by atomic mass is 35.5. The Labute approximate surface area is 182 Å². The first-order valence-electron chi connectivity index (χ1n) is 9.19. The molecule has 0 aliphatic carbocycles. The summed E-state index contributed by atoms with van der Waals surface area (Å²) in [5, 5.41) is 12.4. The number of hydrogen-bond donors (Lipinski definition) is 1. The summed E-state index contributed by atoms with van der Waals surface area (Å²) in [7, 11) is 0. The monoisotopic (exact) mass is 439 g/mol. The summed E-state index contributed by atoms with van der Waals surface area (Å²) in [5.74, 6) is 1.28. The fourth-order valence-electron chi connectivity index (χ4n) is 2.77. The SMILES string of the molecule is C[C@H](Sc1nnc(-c2cccnc2)n1Cc1ccco1)C(=O)Nc1ccc(Cl)cc1. The van der Waals surface area contributed by atoms with Gasteiger partial charge in [-0.25, -0.2) is 0 Å². The van der Waals surface area contributed by atoms with Gasteiger partial charge in [0.1, 0.15) is 5.76 Å². The number of nitrogens with one attached hydrogen (secondary N) is 1. The van der Waals surface area contributed by atoms with Gasteiger partial charge in [-0.15, -0.1) is 10.2 Å². The zero-order valence-electron chi connectivity index (χ0n) is 16.0. The molecule has 3 aromatic heterocycles. The summed E-state index contributed by atoms with van der Waals surface area (Å²) >= 11 is 7.23. The molecule has 0 bridgehead atoms. The van der Waals surface area contributed by atoms with Gasteiger partial charge in [-0.2, -0.15) is 0 Å². The maximum Gasteiger partial charge on any atom is 0.237 e. The molecule has 1 atom stereocenters. The van der Waals surface area contributed by atoms with Crippen LogP contribution in [0.25, 0.3) is 11.4 Å². The zero-order valence-corrected chi connectivity index (χ0v) is 17.6. The molecule has 3 heterocycles. The summed E-state index contributed by atoms with van der Waals surface area (Å²) in [4.78, 5) is 16.8. The van der Waals surface area contributed by atoms with Crippen molar-refractivity contribution in [2.75, 3.05) is 5.32 Å². The molecule has 152 valence electrons. The van der Waals surface area contributed by atoms with E-state index in [1.165, 1.54) is 11.8 Å². The normalized spacial score (nSPS) is 11.9. The quantitative estimate of drug-likeness (QED) is 0.418. The molecule has 0 spiro atoms. The lowest BCUT2D eigenvalue weighted by molar-refractivity contribution is -0.115. The largest absolute Gasteiger partial charge is 0.467 e. The Morgan fingerprint density at radius 3 is 2.73 bits per heavy atom. The Hall–Kier alpha value is -3.10. The highest BCUT2D eigenvalue weighted by Gasteiger charge is 2.22. The average Bonchev–Trinajstić information content (AvgIpc) is 3.41. The summed E-state index contributed by atoms with van der Waals surface area (Å²) in [6.07, 6.45) is 5.06. The molecule has 0 radical (unpaired) electrons. The van der Waals surface area contributed by atoms with Gasteiger partial charge in [-0.1, -0.05) is 23.4 Å². The lowest BCUT2D eigenvalue weighted by Gasteiger charge is -2.13. The maximum atomic E-state index is 12.7. The van der Waals surface area contributed by atoms with Crippen molar-refractivity contribution < 1.29 is 9.21 Å². The van der Waals surface area contributed by atoms with E-state index in [9.17, 15) is 4.79 Å². The molecule has 30 heavy (non-hydrogen) atoms. The zero-order chi connectivity index (χ0) is 20.9. The molecular formula is C21H18ClN5O2S. The first-order valence-corrected chi connectivity index (χ1v) is 10.4. The molecule has 7 nitrogen and oxygen atoms in total. The number of halogens is 1. The third-order valence-corrected chi connectivity index (χ3v) is 5.63. The minimum Gasteiger partial charge on any atom is -0.467 e. The van der Waals surface area contributed by atoms with Crippen LogP contribution in [0.4, 0.5) is 5.69 Å². The van der Waals surface area contributed by atoms with Crippen LogP contribution in [0, 0.1) is 0 Å². The number of amides is 1. The number of anilines is 1. The number of carbonyl (C=O) groups excluding carboxylic acids is 1. The number of benzene rings is 1. The highest BCUT2D eigenvalue weighted by molar-refractivity contribution is 8.00. The third-order valence-electron chi connectivity index (χ3n) is 4.29. The van der Waals surface area contributed by atoms with Gasteiger partial charge in [0.2, 0.25) is 5.91 Å². The standard InChI is InChI=1S/C21H18ClN5O2S/c1-14(20(28)24-17-8-6-16(22)7-9-17)30-21-26-25-19(15-4-2-10-23-12-15)27(21)13-18-5-3-11-29-18/h2-12,14H,13H2,1H3,(H,24,28)/t14-/m0/s1. The van der Waals surface area contributed by atoms with Crippen molar-refractivity contribution in [3.05, 3.63) is 78.0 Å². The van der Waals surface area contributed by atoms with E-state index < -0.39 is 5.25 Å². The van der Waals surface area contributed by atoms with E-state index in [0.717, 1.165) is 11.3 Å². The van der Waals surface area contributed by atoms with E-state index >= 15 is 0 Å². The van der Waals surface area contributed by atoms with Crippen molar-refractivity contribution in [2.45, 2.75) is 23.9 Å². The third kappa shape index (κ3) is 4.72. The van der Waals surface area contributed by atoms with Gasteiger partial charge in [0.15, 0.2) is 11.0 Å². The van der Waals surface area contributed by atoms with Crippen molar-refractivity contribution in [3.8, 4) is 11.4 Å². The Balaban J connectivity index is 1.56. The molecule has 4 rings (SSSR count). The second-order valence-electron chi connectivity index (χ2n) is 6.47. The highest BCUT2D eigenvalue weighted by Crippen LogP contribution is 2.28. The number of thioether (sulfide) groups is 1.